The van der Waals surface area contributed by atoms with Crippen molar-refractivity contribution in [3.63, 3.8) is 0 Å². The molecule has 1 aromatic rings. The van der Waals surface area contributed by atoms with Gasteiger partial charge in [-0.2, -0.15) is 8.78 Å². The minimum absolute atomic E-state index is 0.255. The fourth-order valence-corrected chi connectivity index (χ4v) is 1.72. The van der Waals surface area contributed by atoms with Crippen molar-refractivity contribution in [1.82, 2.24) is 20.2 Å². The second kappa shape index (κ2) is 5.25. The van der Waals surface area contributed by atoms with E-state index in [-0.39, 0.29) is 17.5 Å². The van der Waals surface area contributed by atoms with Gasteiger partial charge in [0.05, 0.1) is 5.75 Å². The first-order chi connectivity index (χ1) is 6.59. The van der Waals surface area contributed by atoms with Crippen molar-refractivity contribution >= 4 is 28.6 Å². The first kappa shape index (κ1) is 11.4. The summed E-state index contributed by atoms with van der Waals surface area (Å²) in [4.78, 5) is 11.1. The lowest BCUT2D eigenvalue weighted by atomic mass is 10.9. The molecule has 0 aliphatic heterocycles. The average molecular weight is 240 g/mol. The third kappa shape index (κ3) is 3.58. The van der Waals surface area contributed by atoms with E-state index >= 15 is 0 Å². The van der Waals surface area contributed by atoms with Crippen LogP contribution in [0.4, 0.5) is 8.78 Å². The zero-order valence-corrected chi connectivity index (χ0v) is 8.69. The number of aromatic nitrogens is 4. The summed E-state index contributed by atoms with van der Waals surface area (Å²) in [6.07, 6.45) is 0. The summed E-state index contributed by atoms with van der Waals surface area (Å²) in [5.41, 5.74) is 0. The molecule has 1 aromatic heterocycles. The van der Waals surface area contributed by atoms with E-state index in [9.17, 15) is 13.6 Å². The molecule has 0 saturated heterocycles. The Morgan fingerprint density at radius 1 is 1.64 bits per heavy atom. The van der Waals surface area contributed by atoms with Crippen LogP contribution in [-0.4, -0.2) is 36.8 Å². The summed E-state index contributed by atoms with van der Waals surface area (Å²) in [5.74, 6) is -2.79. The summed E-state index contributed by atoms with van der Waals surface area (Å²) in [6, 6.07) is 0. The van der Waals surface area contributed by atoms with Crippen LogP contribution in [0.3, 0.4) is 0 Å². The number of thioether (sulfide) groups is 2. The van der Waals surface area contributed by atoms with Gasteiger partial charge in [0.2, 0.25) is 10.3 Å². The van der Waals surface area contributed by atoms with Gasteiger partial charge in [-0.15, -0.1) is 5.10 Å². The van der Waals surface area contributed by atoms with Crippen molar-refractivity contribution in [2.45, 2.75) is 10.9 Å². The number of alkyl halides is 2. The molecule has 0 saturated carbocycles. The highest BCUT2D eigenvalue weighted by molar-refractivity contribution is 8.15. The molecule has 0 aromatic carbocycles. The van der Waals surface area contributed by atoms with Gasteiger partial charge in [0.15, 0.2) is 0 Å². The van der Waals surface area contributed by atoms with E-state index in [1.54, 1.807) is 7.05 Å². The lowest BCUT2D eigenvalue weighted by Gasteiger charge is -1.98. The Kier molecular flexibility index (Phi) is 4.26. The van der Waals surface area contributed by atoms with Crippen LogP contribution < -0.4 is 0 Å². The summed E-state index contributed by atoms with van der Waals surface area (Å²) in [7, 11) is 1.57. The zero-order valence-electron chi connectivity index (χ0n) is 7.05. The molecule has 9 heteroatoms. The maximum Gasteiger partial charge on any atom is 0.285 e. The lowest BCUT2D eigenvalue weighted by Crippen LogP contribution is -2.01. The molecule has 78 valence electrons. The van der Waals surface area contributed by atoms with Gasteiger partial charge in [-0.05, 0) is 22.2 Å². The van der Waals surface area contributed by atoms with Crippen LogP contribution in [0.5, 0.6) is 0 Å². The molecule has 0 unspecified atom stereocenters. The molecule has 0 fully saturated rings. The fraction of sp³-hybridized carbons (Fsp3) is 0.600. The normalized spacial score (nSPS) is 10.9. The Balaban J connectivity index is 2.38. The second-order valence-electron chi connectivity index (χ2n) is 2.13. The van der Waals surface area contributed by atoms with Gasteiger partial charge in [0.25, 0.3) is 5.76 Å². The molecule has 0 atom stereocenters. The van der Waals surface area contributed by atoms with E-state index in [2.05, 4.69) is 15.5 Å². The first-order valence-corrected chi connectivity index (χ1v) is 5.29. The quantitative estimate of drug-likeness (QED) is 0.725. The Hall–Kier alpha value is -0.700. The summed E-state index contributed by atoms with van der Waals surface area (Å²) in [6.45, 7) is 0. The monoisotopic (exact) mass is 240 g/mol. The van der Waals surface area contributed by atoms with Gasteiger partial charge in [-0.3, -0.25) is 4.79 Å². The number of aryl methyl sites for hydroxylation is 1. The van der Waals surface area contributed by atoms with Crippen LogP contribution in [0.25, 0.3) is 0 Å². The van der Waals surface area contributed by atoms with Crippen LogP contribution in [0.2, 0.25) is 0 Å². The molecule has 1 rings (SSSR count). The van der Waals surface area contributed by atoms with Crippen molar-refractivity contribution in [2.75, 3.05) is 5.75 Å². The molecule has 0 amide bonds. The summed E-state index contributed by atoms with van der Waals surface area (Å²) >= 11 is 1.04. The molecule has 5 nitrogen and oxygen atoms in total. The van der Waals surface area contributed by atoms with Crippen molar-refractivity contribution in [1.29, 1.82) is 0 Å². The number of nitrogens with zero attached hydrogens (tertiary/aromatic N) is 4. The number of halogens is 2. The van der Waals surface area contributed by atoms with E-state index in [0.29, 0.717) is 5.16 Å². The predicted octanol–water partition coefficient (Wildman–Crippen LogP) is 0.785. The number of carbonyl (C=O) groups is 1. The third-order valence-corrected chi connectivity index (χ3v) is 2.88. The maximum atomic E-state index is 11.7. The van der Waals surface area contributed by atoms with Crippen LogP contribution in [0, 0.1) is 0 Å². The summed E-state index contributed by atoms with van der Waals surface area (Å²) in [5, 5.41) is 10.2. The molecular weight excluding hydrogens is 234 g/mol. The molecule has 1 heterocycles. The van der Waals surface area contributed by atoms with Crippen molar-refractivity contribution in [3.05, 3.63) is 0 Å². The fourth-order valence-electron chi connectivity index (χ4n) is 0.570. The van der Waals surface area contributed by atoms with Crippen LogP contribution in [0.1, 0.15) is 0 Å². The third-order valence-electron chi connectivity index (χ3n) is 1.11. The van der Waals surface area contributed by atoms with E-state index in [0.717, 1.165) is 11.8 Å². The molecular formula is C5H6F2N4OS2. The molecule has 14 heavy (non-hydrogen) atoms. The summed E-state index contributed by atoms with van der Waals surface area (Å²) < 4.78 is 24.7. The molecule has 0 aliphatic rings. The van der Waals surface area contributed by atoms with Gasteiger partial charge in [-0.25, -0.2) is 4.68 Å². The number of hydrogen-bond donors (Lipinski definition) is 0. The van der Waals surface area contributed by atoms with Crippen LogP contribution >= 0.6 is 23.5 Å². The van der Waals surface area contributed by atoms with Gasteiger partial charge < -0.3 is 0 Å². The van der Waals surface area contributed by atoms with Gasteiger partial charge in [0, 0.05) is 7.05 Å². The molecule has 0 N–H and O–H groups in total. The first-order valence-electron chi connectivity index (χ1n) is 3.42. The number of rotatable bonds is 4. The largest absolute Gasteiger partial charge is 0.286 e. The highest BCUT2D eigenvalue weighted by atomic mass is 32.2. The number of carbonyl (C=O) groups excluding carboxylic acids is 1. The van der Waals surface area contributed by atoms with E-state index in [1.807, 2.05) is 0 Å². The predicted molar refractivity (Wildman–Crippen MR) is 48.1 cm³/mol. The maximum absolute atomic E-state index is 11.7. The number of hydrogen-bond acceptors (Lipinski definition) is 6. The Morgan fingerprint density at radius 2 is 2.36 bits per heavy atom. The molecule has 0 bridgehead atoms. The van der Waals surface area contributed by atoms with E-state index < -0.39 is 10.9 Å². The van der Waals surface area contributed by atoms with Gasteiger partial charge >= 0.3 is 0 Å². The molecule has 0 radical (unpaired) electrons. The second-order valence-corrected chi connectivity index (χ2v) is 4.13. The van der Waals surface area contributed by atoms with Crippen LogP contribution in [0.15, 0.2) is 5.16 Å². The topological polar surface area (TPSA) is 60.7 Å². The zero-order chi connectivity index (χ0) is 10.6. The van der Waals surface area contributed by atoms with Crippen molar-refractivity contribution in [2.24, 2.45) is 7.05 Å². The van der Waals surface area contributed by atoms with Gasteiger partial charge in [0.1, 0.15) is 0 Å². The minimum atomic E-state index is -2.53. The highest BCUT2D eigenvalue weighted by Gasteiger charge is 2.13. The Bertz CT molecular complexity index is 318. The van der Waals surface area contributed by atoms with Crippen molar-refractivity contribution < 1.29 is 13.6 Å². The van der Waals surface area contributed by atoms with Gasteiger partial charge in [-0.1, -0.05) is 11.8 Å². The highest BCUT2D eigenvalue weighted by Crippen LogP contribution is 2.20. The van der Waals surface area contributed by atoms with E-state index in [1.165, 1.54) is 4.68 Å². The standard InChI is InChI=1S/C5H6F2N4OS2/c1-11-5(8-9-10-11)14-3(12)2-13-4(6)7/h4H,2H2,1H3. The molecule has 0 aliphatic carbocycles. The molecule has 0 spiro atoms. The number of tetrazole rings is 1. The minimum Gasteiger partial charge on any atom is -0.286 e. The Morgan fingerprint density at radius 3 is 2.86 bits per heavy atom. The van der Waals surface area contributed by atoms with Crippen molar-refractivity contribution in [3.8, 4) is 0 Å². The SMILES string of the molecule is Cn1nnnc1SC(=O)CSC(F)F. The smallest absolute Gasteiger partial charge is 0.285 e. The van der Waals surface area contributed by atoms with E-state index in [4.69, 9.17) is 0 Å². The van der Waals surface area contributed by atoms with Crippen LogP contribution in [-0.2, 0) is 11.8 Å². The lowest BCUT2D eigenvalue weighted by molar-refractivity contribution is -0.108. The Labute approximate surface area is 86.6 Å². The average Bonchev–Trinajstić information content (AvgIpc) is 2.49.